The molecule has 2 unspecified atom stereocenters. The molecule has 2 aromatic rings. The molecule has 1 aromatic carbocycles. The number of halogens is 1. The number of aliphatic imine (C=N–C) groups is 1. The van der Waals surface area contributed by atoms with E-state index in [9.17, 15) is 8.42 Å². The summed E-state index contributed by atoms with van der Waals surface area (Å²) in [6.45, 7) is 5.27. The van der Waals surface area contributed by atoms with Gasteiger partial charge in [0.1, 0.15) is 11.3 Å². The van der Waals surface area contributed by atoms with E-state index in [-0.39, 0.29) is 47.4 Å². The second kappa shape index (κ2) is 9.07. The maximum absolute atomic E-state index is 11.6. The molecule has 2 heterocycles. The molecule has 1 aliphatic heterocycles. The summed E-state index contributed by atoms with van der Waals surface area (Å²) < 4.78 is 29.0. The summed E-state index contributed by atoms with van der Waals surface area (Å²) in [6.07, 6.45) is 0.699. The molecule has 1 aromatic heterocycles. The molecule has 1 saturated heterocycles. The van der Waals surface area contributed by atoms with E-state index in [1.165, 1.54) is 0 Å². The van der Waals surface area contributed by atoms with Crippen molar-refractivity contribution in [2.24, 2.45) is 10.9 Å². The Morgan fingerprint density at radius 3 is 2.81 bits per heavy atom. The molecule has 0 amide bonds. The molecule has 8 heteroatoms. The van der Waals surface area contributed by atoms with Crippen LogP contribution in [0.3, 0.4) is 0 Å². The van der Waals surface area contributed by atoms with Crippen molar-refractivity contribution in [2.75, 3.05) is 24.6 Å². The number of benzene rings is 1. The largest absolute Gasteiger partial charge is 0.459 e. The Labute approximate surface area is 171 Å². The molecular weight excluding hydrogens is 465 g/mol. The lowest BCUT2D eigenvalue weighted by Crippen LogP contribution is -2.39. The van der Waals surface area contributed by atoms with Crippen LogP contribution in [0, 0.1) is 5.92 Å². The van der Waals surface area contributed by atoms with Gasteiger partial charge in [0.15, 0.2) is 15.8 Å². The monoisotopic (exact) mass is 491 g/mol. The van der Waals surface area contributed by atoms with Crippen LogP contribution in [0.1, 0.15) is 32.1 Å². The SMILES string of the molecule is CCNC(=NCC1CCS(=O)(=O)C1)NC(C)c1cc2ccccc2o1.I. The Morgan fingerprint density at radius 2 is 2.15 bits per heavy atom. The van der Waals surface area contributed by atoms with Crippen molar-refractivity contribution in [3.63, 3.8) is 0 Å². The summed E-state index contributed by atoms with van der Waals surface area (Å²) in [5.74, 6) is 2.17. The molecule has 3 rings (SSSR count). The van der Waals surface area contributed by atoms with Crippen LogP contribution < -0.4 is 10.6 Å². The molecule has 26 heavy (non-hydrogen) atoms. The van der Waals surface area contributed by atoms with Gasteiger partial charge in [0.2, 0.25) is 0 Å². The molecule has 2 atom stereocenters. The third-order valence-corrected chi connectivity index (χ3v) is 6.24. The van der Waals surface area contributed by atoms with Crippen molar-refractivity contribution in [2.45, 2.75) is 26.3 Å². The van der Waals surface area contributed by atoms with Gasteiger partial charge in [-0.05, 0) is 38.3 Å². The molecule has 0 aliphatic carbocycles. The molecule has 0 spiro atoms. The van der Waals surface area contributed by atoms with Gasteiger partial charge >= 0.3 is 0 Å². The van der Waals surface area contributed by atoms with Gasteiger partial charge in [-0.1, -0.05) is 18.2 Å². The van der Waals surface area contributed by atoms with Gasteiger partial charge < -0.3 is 15.1 Å². The fourth-order valence-corrected chi connectivity index (χ4v) is 4.90. The maximum atomic E-state index is 11.6. The summed E-state index contributed by atoms with van der Waals surface area (Å²) in [5.41, 5.74) is 0.865. The number of para-hydroxylation sites is 1. The summed E-state index contributed by atoms with van der Waals surface area (Å²) >= 11 is 0. The van der Waals surface area contributed by atoms with Crippen molar-refractivity contribution in [1.82, 2.24) is 10.6 Å². The quantitative estimate of drug-likeness (QED) is 0.382. The third-order valence-electron chi connectivity index (χ3n) is 4.40. The van der Waals surface area contributed by atoms with E-state index in [0.717, 1.165) is 23.3 Å². The highest BCUT2D eigenvalue weighted by Gasteiger charge is 2.27. The van der Waals surface area contributed by atoms with Gasteiger partial charge in [-0.15, -0.1) is 24.0 Å². The molecule has 0 radical (unpaired) electrons. The molecule has 0 saturated carbocycles. The van der Waals surface area contributed by atoms with Crippen molar-refractivity contribution in [3.8, 4) is 0 Å². The molecule has 6 nitrogen and oxygen atoms in total. The fraction of sp³-hybridized carbons (Fsp3) is 0.500. The zero-order valence-corrected chi connectivity index (χ0v) is 18.2. The van der Waals surface area contributed by atoms with Crippen LogP contribution in [0.5, 0.6) is 0 Å². The Bertz CT molecular complexity index is 830. The van der Waals surface area contributed by atoms with E-state index in [1.54, 1.807) is 0 Å². The molecule has 144 valence electrons. The molecule has 0 bridgehead atoms. The standard InChI is InChI=1S/C18H25N3O3S.HI/c1-3-19-18(20-11-14-8-9-25(22,23)12-14)21-13(2)17-10-15-6-4-5-7-16(15)24-17;/h4-7,10,13-14H,3,8-9,11-12H2,1-2H3,(H2,19,20,21);1H. The number of hydrogen-bond acceptors (Lipinski definition) is 4. The first-order valence-corrected chi connectivity index (χ1v) is 10.5. The van der Waals surface area contributed by atoms with E-state index in [1.807, 2.05) is 44.2 Å². The van der Waals surface area contributed by atoms with Crippen LogP contribution in [0.2, 0.25) is 0 Å². The first-order chi connectivity index (χ1) is 12.0. The maximum Gasteiger partial charge on any atom is 0.191 e. The highest BCUT2D eigenvalue weighted by atomic mass is 127. The minimum Gasteiger partial charge on any atom is -0.459 e. The van der Waals surface area contributed by atoms with Crippen LogP contribution in [0.4, 0.5) is 0 Å². The second-order valence-electron chi connectivity index (χ2n) is 6.54. The number of nitrogens with zero attached hydrogens (tertiary/aromatic N) is 1. The average Bonchev–Trinajstić information content (AvgIpc) is 3.15. The highest BCUT2D eigenvalue weighted by Crippen LogP contribution is 2.23. The van der Waals surface area contributed by atoms with Gasteiger partial charge in [0.25, 0.3) is 0 Å². The van der Waals surface area contributed by atoms with Crippen LogP contribution >= 0.6 is 24.0 Å². The fourth-order valence-electron chi connectivity index (χ4n) is 3.05. The van der Waals surface area contributed by atoms with Crippen LogP contribution in [0.25, 0.3) is 11.0 Å². The van der Waals surface area contributed by atoms with Gasteiger partial charge in [-0.25, -0.2) is 8.42 Å². The number of sulfone groups is 1. The molecule has 2 N–H and O–H groups in total. The number of guanidine groups is 1. The van der Waals surface area contributed by atoms with Crippen LogP contribution in [-0.4, -0.2) is 39.0 Å². The summed E-state index contributed by atoms with van der Waals surface area (Å²) in [7, 11) is -2.86. The third kappa shape index (κ3) is 5.35. The lowest BCUT2D eigenvalue weighted by atomic mass is 10.1. The minimum atomic E-state index is -2.86. The van der Waals surface area contributed by atoms with Crippen LogP contribution in [0.15, 0.2) is 39.7 Å². The highest BCUT2D eigenvalue weighted by molar-refractivity contribution is 14.0. The van der Waals surface area contributed by atoms with Crippen molar-refractivity contribution >= 4 is 50.7 Å². The van der Waals surface area contributed by atoms with Crippen molar-refractivity contribution < 1.29 is 12.8 Å². The Kier molecular flexibility index (Phi) is 7.33. The van der Waals surface area contributed by atoms with E-state index in [4.69, 9.17) is 4.42 Å². The average molecular weight is 491 g/mol. The lowest BCUT2D eigenvalue weighted by Gasteiger charge is -2.16. The predicted molar refractivity (Wildman–Crippen MR) is 116 cm³/mol. The summed E-state index contributed by atoms with van der Waals surface area (Å²) in [6, 6.07) is 9.90. The first kappa shape index (κ1) is 21.0. The number of rotatable bonds is 5. The number of furan rings is 1. The molecule has 1 aliphatic rings. The minimum absolute atomic E-state index is 0. The zero-order valence-electron chi connectivity index (χ0n) is 15.1. The Hall–Kier alpha value is -1.29. The predicted octanol–water partition coefficient (Wildman–Crippen LogP) is 3.10. The van der Waals surface area contributed by atoms with Crippen molar-refractivity contribution in [1.29, 1.82) is 0 Å². The first-order valence-electron chi connectivity index (χ1n) is 8.70. The number of fused-ring (bicyclic) bond motifs is 1. The smallest absolute Gasteiger partial charge is 0.191 e. The van der Waals surface area contributed by atoms with E-state index in [2.05, 4.69) is 15.6 Å². The summed E-state index contributed by atoms with van der Waals surface area (Å²) in [4.78, 5) is 4.57. The lowest BCUT2D eigenvalue weighted by molar-refractivity contribution is 0.487. The van der Waals surface area contributed by atoms with Crippen LogP contribution in [-0.2, 0) is 9.84 Å². The van der Waals surface area contributed by atoms with Crippen molar-refractivity contribution in [3.05, 3.63) is 36.1 Å². The molecular formula is C18H26IN3O3S. The van der Waals surface area contributed by atoms with Gasteiger partial charge in [-0.3, -0.25) is 4.99 Å². The summed E-state index contributed by atoms with van der Waals surface area (Å²) in [5, 5.41) is 7.62. The normalized spacial score (nSPS) is 20.5. The van der Waals surface area contributed by atoms with Gasteiger partial charge in [0, 0.05) is 18.5 Å². The number of hydrogen-bond donors (Lipinski definition) is 2. The number of nitrogens with one attached hydrogen (secondary N) is 2. The van der Waals surface area contributed by atoms with Gasteiger partial charge in [0.05, 0.1) is 17.5 Å². The van der Waals surface area contributed by atoms with E-state index < -0.39 is 9.84 Å². The second-order valence-corrected chi connectivity index (χ2v) is 8.77. The van der Waals surface area contributed by atoms with Gasteiger partial charge in [-0.2, -0.15) is 0 Å². The Balaban J connectivity index is 0.00000243. The molecule has 1 fully saturated rings. The van der Waals surface area contributed by atoms with E-state index >= 15 is 0 Å². The zero-order chi connectivity index (χ0) is 17.9. The topological polar surface area (TPSA) is 83.7 Å². The Morgan fingerprint density at radius 1 is 1.38 bits per heavy atom. The van der Waals surface area contributed by atoms with E-state index in [0.29, 0.717) is 18.9 Å².